The van der Waals surface area contributed by atoms with E-state index < -0.39 is 0 Å². The highest BCUT2D eigenvalue weighted by Crippen LogP contribution is 2.15. The summed E-state index contributed by atoms with van der Waals surface area (Å²) in [5, 5.41) is 3.39. The SMILES string of the molecule is COc1ccc(CCC(=O)N(C)C2CCCNCC2)cc1.Cl. The van der Waals surface area contributed by atoms with Crippen molar-refractivity contribution < 1.29 is 9.53 Å². The van der Waals surface area contributed by atoms with Crippen molar-refractivity contribution >= 4 is 18.3 Å². The summed E-state index contributed by atoms with van der Waals surface area (Å²) in [6, 6.07) is 8.34. The third-order valence-electron chi connectivity index (χ3n) is 4.27. The summed E-state index contributed by atoms with van der Waals surface area (Å²) in [4.78, 5) is 14.3. The van der Waals surface area contributed by atoms with Crippen LogP contribution in [0.2, 0.25) is 0 Å². The lowest BCUT2D eigenvalue weighted by molar-refractivity contribution is -0.132. The molecule has 5 heteroatoms. The van der Waals surface area contributed by atoms with Gasteiger partial charge in [-0.25, -0.2) is 0 Å². The molecule has 1 aliphatic heterocycles. The molecule has 0 saturated carbocycles. The molecule has 1 saturated heterocycles. The van der Waals surface area contributed by atoms with Gasteiger partial charge in [-0.05, 0) is 56.5 Å². The fraction of sp³-hybridized carbons (Fsp3) is 0.588. The average molecular weight is 327 g/mol. The standard InChI is InChI=1S/C17H26N2O2.ClH/c1-19(15-4-3-12-18-13-11-15)17(20)10-7-14-5-8-16(21-2)9-6-14;/h5-6,8-9,15,18H,3-4,7,10-13H2,1-2H3;1H. The van der Waals surface area contributed by atoms with Crippen molar-refractivity contribution in [3.63, 3.8) is 0 Å². The van der Waals surface area contributed by atoms with Crippen LogP contribution in [-0.2, 0) is 11.2 Å². The van der Waals surface area contributed by atoms with Gasteiger partial charge in [0, 0.05) is 19.5 Å². The Morgan fingerprint density at radius 1 is 1.27 bits per heavy atom. The highest BCUT2D eigenvalue weighted by molar-refractivity contribution is 5.85. The molecule has 2 rings (SSSR count). The maximum absolute atomic E-state index is 12.3. The highest BCUT2D eigenvalue weighted by Gasteiger charge is 2.20. The Kier molecular flexibility index (Phi) is 8.28. The van der Waals surface area contributed by atoms with Gasteiger partial charge in [-0.1, -0.05) is 12.1 Å². The molecule has 124 valence electrons. The summed E-state index contributed by atoms with van der Waals surface area (Å²) >= 11 is 0. The molecule has 1 unspecified atom stereocenters. The van der Waals surface area contributed by atoms with Gasteiger partial charge < -0.3 is 15.0 Å². The summed E-state index contributed by atoms with van der Waals surface area (Å²) in [6.45, 7) is 2.09. The van der Waals surface area contributed by atoms with Crippen LogP contribution in [0.15, 0.2) is 24.3 Å². The minimum absolute atomic E-state index is 0. The predicted molar refractivity (Wildman–Crippen MR) is 91.8 cm³/mol. The molecule has 0 aliphatic carbocycles. The van der Waals surface area contributed by atoms with Gasteiger partial charge in [0.2, 0.25) is 5.91 Å². The molecule has 0 aromatic heterocycles. The number of rotatable bonds is 5. The third-order valence-corrected chi connectivity index (χ3v) is 4.27. The zero-order valence-electron chi connectivity index (χ0n) is 13.5. The number of hydrogen-bond acceptors (Lipinski definition) is 3. The summed E-state index contributed by atoms with van der Waals surface area (Å²) in [6.07, 6.45) is 4.69. The summed E-state index contributed by atoms with van der Waals surface area (Å²) in [7, 11) is 3.61. The van der Waals surface area contributed by atoms with Crippen molar-refractivity contribution in [1.29, 1.82) is 0 Å². The number of hydrogen-bond donors (Lipinski definition) is 1. The van der Waals surface area contributed by atoms with E-state index in [9.17, 15) is 4.79 Å². The Bertz CT molecular complexity index is 442. The molecule has 1 amide bonds. The van der Waals surface area contributed by atoms with Crippen LogP contribution in [-0.4, -0.2) is 44.1 Å². The van der Waals surface area contributed by atoms with Crippen LogP contribution in [0.25, 0.3) is 0 Å². The molecular formula is C17H27ClN2O2. The molecule has 1 N–H and O–H groups in total. The molecule has 1 aliphatic rings. The van der Waals surface area contributed by atoms with Crippen LogP contribution in [0.3, 0.4) is 0 Å². The zero-order valence-corrected chi connectivity index (χ0v) is 14.3. The lowest BCUT2D eigenvalue weighted by Gasteiger charge is -2.27. The number of amides is 1. The minimum atomic E-state index is 0. The molecule has 22 heavy (non-hydrogen) atoms. The topological polar surface area (TPSA) is 41.6 Å². The van der Waals surface area contributed by atoms with Crippen LogP contribution >= 0.6 is 12.4 Å². The molecular weight excluding hydrogens is 300 g/mol. The van der Waals surface area contributed by atoms with E-state index in [1.165, 1.54) is 5.56 Å². The number of nitrogens with one attached hydrogen (secondary N) is 1. The first-order valence-electron chi connectivity index (χ1n) is 7.80. The van der Waals surface area contributed by atoms with E-state index in [-0.39, 0.29) is 18.3 Å². The fourth-order valence-electron chi connectivity index (χ4n) is 2.81. The second-order valence-corrected chi connectivity index (χ2v) is 5.69. The van der Waals surface area contributed by atoms with E-state index in [1.54, 1.807) is 7.11 Å². The van der Waals surface area contributed by atoms with E-state index in [4.69, 9.17) is 4.74 Å². The monoisotopic (exact) mass is 326 g/mol. The molecule has 1 heterocycles. The molecule has 1 atom stereocenters. The average Bonchev–Trinajstić information content (AvgIpc) is 2.81. The van der Waals surface area contributed by atoms with Gasteiger partial charge in [0.15, 0.2) is 0 Å². The quantitative estimate of drug-likeness (QED) is 0.904. The Balaban J connectivity index is 0.00000242. The van der Waals surface area contributed by atoms with Gasteiger partial charge in [0.25, 0.3) is 0 Å². The van der Waals surface area contributed by atoms with Gasteiger partial charge in [-0.15, -0.1) is 12.4 Å². The number of benzene rings is 1. The second kappa shape index (κ2) is 9.70. The van der Waals surface area contributed by atoms with Crippen molar-refractivity contribution in [3.8, 4) is 5.75 Å². The molecule has 1 fully saturated rings. The van der Waals surface area contributed by atoms with Crippen LogP contribution in [0.4, 0.5) is 0 Å². The summed E-state index contributed by atoms with van der Waals surface area (Å²) < 4.78 is 5.14. The largest absolute Gasteiger partial charge is 0.497 e. The number of ether oxygens (including phenoxy) is 1. The first-order chi connectivity index (χ1) is 10.2. The van der Waals surface area contributed by atoms with E-state index in [0.29, 0.717) is 12.5 Å². The van der Waals surface area contributed by atoms with Gasteiger partial charge in [0.05, 0.1) is 7.11 Å². The van der Waals surface area contributed by atoms with Crippen LogP contribution < -0.4 is 10.1 Å². The van der Waals surface area contributed by atoms with E-state index in [0.717, 1.165) is 44.5 Å². The predicted octanol–water partition coefficient (Wildman–Crippen LogP) is 2.65. The van der Waals surface area contributed by atoms with E-state index >= 15 is 0 Å². The zero-order chi connectivity index (χ0) is 15.1. The second-order valence-electron chi connectivity index (χ2n) is 5.69. The number of halogens is 1. The van der Waals surface area contributed by atoms with Crippen LogP contribution in [0, 0.1) is 0 Å². The molecule has 1 aromatic rings. The molecule has 0 radical (unpaired) electrons. The lowest BCUT2D eigenvalue weighted by Crippen LogP contribution is -2.37. The van der Waals surface area contributed by atoms with E-state index in [1.807, 2.05) is 36.2 Å². The summed E-state index contributed by atoms with van der Waals surface area (Å²) in [5.74, 6) is 1.10. The number of nitrogens with zero attached hydrogens (tertiary/aromatic N) is 1. The maximum Gasteiger partial charge on any atom is 0.222 e. The van der Waals surface area contributed by atoms with Gasteiger partial charge in [-0.3, -0.25) is 4.79 Å². The first kappa shape index (κ1) is 18.8. The van der Waals surface area contributed by atoms with Gasteiger partial charge in [0.1, 0.15) is 5.75 Å². The molecule has 4 nitrogen and oxygen atoms in total. The Hall–Kier alpha value is -1.26. The van der Waals surface area contributed by atoms with Crippen molar-refractivity contribution in [3.05, 3.63) is 29.8 Å². The lowest BCUT2D eigenvalue weighted by atomic mass is 10.1. The Morgan fingerprint density at radius 2 is 2.00 bits per heavy atom. The highest BCUT2D eigenvalue weighted by atomic mass is 35.5. The van der Waals surface area contributed by atoms with Crippen molar-refractivity contribution in [2.24, 2.45) is 0 Å². The van der Waals surface area contributed by atoms with Crippen LogP contribution in [0.5, 0.6) is 5.75 Å². The normalized spacial score (nSPS) is 18.0. The Labute approximate surface area is 139 Å². The fourth-order valence-corrected chi connectivity index (χ4v) is 2.81. The van der Waals surface area contributed by atoms with Gasteiger partial charge in [-0.2, -0.15) is 0 Å². The number of aryl methyl sites for hydroxylation is 1. The third kappa shape index (κ3) is 5.50. The first-order valence-corrected chi connectivity index (χ1v) is 7.80. The van der Waals surface area contributed by atoms with Crippen molar-refractivity contribution in [2.45, 2.75) is 38.1 Å². The smallest absolute Gasteiger partial charge is 0.222 e. The van der Waals surface area contributed by atoms with Crippen molar-refractivity contribution in [1.82, 2.24) is 10.2 Å². The molecule has 0 spiro atoms. The number of carbonyl (C=O) groups is 1. The number of carbonyl (C=O) groups excluding carboxylic acids is 1. The molecule has 1 aromatic carbocycles. The van der Waals surface area contributed by atoms with Gasteiger partial charge >= 0.3 is 0 Å². The van der Waals surface area contributed by atoms with E-state index in [2.05, 4.69) is 5.32 Å². The molecule has 0 bridgehead atoms. The Morgan fingerprint density at radius 3 is 2.68 bits per heavy atom. The minimum Gasteiger partial charge on any atom is -0.497 e. The maximum atomic E-state index is 12.3. The number of methoxy groups -OCH3 is 1. The van der Waals surface area contributed by atoms with Crippen molar-refractivity contribution in [2.75, 3.05) is 27.2 Å². The van der Waals surface area contributed by atoms with Crippen LogP contribution in [0.1, 0.15) is 31.2 Å². The summed E-state index contributed by atoms with van der Waals surface area (Å²) in [5.41, 5.74) is 1.18.